The third-order valence-electron chi connectivity index (χ3n) is 3.64. The van der Waals surface area contributed by atoms with E-state index >= 15 is 0 Å². The molecule has 0 bridgehead atoms. The third-order valence-corrected chi connectivity index (χ3v) is 3.87. The van der Waals surface area contributed by atoms with Gasteiger partial charge in [-0.15, -0.1) is 0 Å². The highest BCUT2D eigenvalue weighted by Gasteiger charge is 2.14. The lowest BCUT2D eigenvalue weighted by Crippen LogP contribution is -2.12. The first kappa shape index (κ1) is 13.5. The van der Waals surface area contributed by atoms with E-state index in [0.717, 1.165) is 36.9 Å². The third kappa shape index (κ3) is 2.67. The molecule has 0 radical (unpaired) electrons. The van der Waals surface area contributed by atoms with E-state index in [9.17, 15) is 0 Å². The molecule has 3 heteroatoms. The maximum absolute atomic E-state index is 6.17. The van der Waals surface area contributed by atoms with Crippen molar-refractivity contribution in [1.29, 1.82) is 0 Å². The lowest BCUT2D eigenvalue weighted by Gasteiger charge is -2.12. The van der Waals surface area contributed by atoms with E-state index in [-0.39, 0.29) is 0 Å². The number of ether oxygens (including phenoxy) is 1. The lowest BCUT2D eigenvalue weighted by atomic mass is 9.97. The minimum absolute atomic E-state index is 0.775. The van der Waals surface area contributed by atoms with Crippen LogP contribution in [0.4, 0.5) is 0 Å². The molecule has 1 aliphatic rings. The predicted octanol–water partition coefficient (Wildman–Crippen LogP) is 4.05. The maximum atomic E-state index is 6.17. The van der Waals surface area contributed by atoms with E-state index in [0.29, 0.717) is 0 Å². The molecule has 2 nitrogen and oxygen atoms in total. The average molecular weight is 288 g/mol. The van der Waals surface area contributed by atoms with E-state index < -0.39 is 0 Å². The minimum atomic E-state index is 0.775. The van der Waals surface area contributed by atoms with E-state index in [1.54, 1.807) is 0 Å². The summed E-state index contributed by atoms with van der Waals surface area (Å²) in [6.07, 6.45) is 0.992. The molecular weight excluding hydrogens is 270 g/mol. The molecule has 2 aromatic rings. The summed E-state index contributed by atoms with van der Waals surface area (Å²) in [7, 11) is 0. The van der Waals surface area contributed by atoms with Crippen molar-refractivity contribution < 1.29 is 4.74 Å². The summed E-state index contributed by atoms with van der Waals surface area (Å²) < 4.78 is 5.57. The Balaban J connectivity index is 2.01. The zero-order valence-corrected chi connectivity index (χ0v) is 12.3. The summed E-state index contributed by atoms with van der Waals surface area (Å²) in [6.45, 7) is 4.72. The van der Waals surface area contributed by atoms with Crippen molar-refractivity contribution in [3.8, 4) is 16.9 Å². The fourth-order valence-corrected chi connectivity index (χ4v) is 2.76. The van der Waals surface area contributed by atoms with Gasteiger partial charge >= 0.3 is 0 Å². The number of benzene rings is 2. The van der Waals surface area contributed by atoms with Gasteiger partial charge in [0.05, 0.1) is 6.61 Å². The number of nitrogens with one attached hydrogen (secondary N) is 1. The van der Waals surface area contributed by atoms with Gasteiger partial charge in [-0.05, 0) is 53.1 Å². The Kier molecular flexibility index (Phi) is 3.95. The standard InChI is InChI=1S/C17H18ClNO/c1-2-19-11-14-3-5-15(18)10-16(14)12-4-6-17-13(9-12)7-8-20-17/h3-6,9-10,19H,2,7-8,11H2,1H3. The fourth-order valence-electron chi connectivity index (χ4n) is 2.59. The predicted molar refractivity (Wildman–Crippen MR) is 83.5 cm³/mol. The quantitative estimate of drug-likeness (QED) is 0.916. The fraction of sp³-hybridized carbons (Fsp3) is 0.294. The smallest absolute Gasteiger partial charge is 0.122 e. The van der Waals surface area contributed by atoms with Crippen molar-refractivity contribution in [2.45, 2.75) is 19.9 Å². The summed E-state index contributed by atoms with van der Waals surface area (Å²) in [5.41, 5.74) is 4.98. The molecule has 0 saturated heterocycles. The van der Waals surface area contributed by atoms with Gasteiger partial charge in [0, 0.05) is 18.0 Å². The Labute approximate surface area is 124 Å². The average Bonchev–Trinajstić information content (AvgIpc) is 2.93. The molecule has 0 fully saturated rings. The van der Waals surface area contributed by atoms with Crippen molar-refractivity contribution in [3.63, 3.8) is 0 Å². The minimum Gasteiger partial charge on any atom is -0.493 e. The van der Waals surface area contributed by atoms with Gasteiger partial charge in [0.2, 0.25) is 0 Å². The first-order chi connectivity index (χ1) is 9.78. The van der Waals surface area contributed by atoms with Crippen LogP contribution in [0.15, 0.2) is 36.4 Å². The highest BCUT2D eigenvalue weighted by molar-refractivity contribution is 6.30. The summed E-state index contributed by atoms with van der Waals surface area (Å²) in [6, 6.07) is 12.5. The van der Waals surface area contributed by atoms with Crippen LogP contribution in [0.1, 0.15) is 18.1 Å². The van der Waals surface area contributed by atoms with E-state index in [2.05, 4.69) is 36.5 Å². The summed E-state index contributed by atoms with van der Waals surface area (Å²) in [5, 5.41) is 4.15. The molecule has 1 heterocycles. The lowest BCUT2D eigenvalue weighted by molar-refractivity contribution is 0.357. The highest BCUT2D eigenvalue weighted by Crippen LogP contribution is 2.33. The van der Waals surface area contributed by atoms with Crippen LogP contribution in [0.5, 0.6) is 5.75 Å². The normalized spacial score (nSPS) is 13.1. The van der Waals surface area contributed by atoms with E-state index in [4.69, 9.17) is 16.3 Å². The zero-order chi connectivity index (χ0) is 13.9. The monoisotopic (exact) mass is 287 g/mol. The van der Waals surface area contributed by atoms with Crippen LogP contribution in [0.25, 0.3) is 11.1 Å². The summed E-state index contributed by atoms with van der Waals surface area (Å²) >= 11 is 6.17. The topological polar surface area (TPSA) is 21.3 Å². The van der Waals surface area contributed by atoms with Crippen LogP contribution in [0.2, 0.25) is 5.02 Å². The molecule has 0 spiro atoms. The molecule has 2 aromatic carbocycles. The number of hydrogen-bond acceptors (Lipinski definition) is 2. The van der Waals surface area contributed by atoms with Gasteiger partial charge in [-0.1, -0.05) is 30.7 Å². The van der Waals surface area contributed by atoms with Gasteiger partial charge in [0.25, 0.3) is 0 Å². The molecule has 3 rings (SSSR count). The molecular formula is C17H18ClNO. The van der Waals surface area contributed by atoms with E-state index in [1.807, 2.05) is 12.1 Å². The van der Waals surface area contributed by atoms with Crippen LogP contribution < -0.4 is 10.1 Å². The Morgan fingerprint density at radius 1 is 1.20 bits per heavy atom. The first-order valence-electron chi connectivity index (χ1n) is 7.03. The van der Waals surface area contributed by atoms with Gasteiger partial charge in [0.1, 0.15) is 5.75 Å². The SMILES string of the molecule is CCNCc1ccc(Cl)cc1-c1ccc2c(c1)CCO2. The second-order valence-electron chi connectivity index (χ2n) is 5.00. The molecule has 0 saturated carbocycles. The largest absolute Gasteiger partial charge is 0.493 e. The van der Waals surface area contributed by atoms with E-state index in [1.165, 1.54) is 22.3 Å². The molecule has 0 amide bonds. The second-order valence-corrected chi connectivity index (χ2v) is 5.44. The van der Waals surface area contributed by atoms with Crippen LogP contribution in [-0.4, -0.2) is 13.2 Å². The highest BCUT2D eigenvalue weighted by atomic mass is 35.5. The van der Waals surface area contributed by atoms with Crippen molar-refractivity contribution in [2.24, 2.45) is 0 Å². The Morgan fingerprint density at radius 3 is 2.95 bits per heavy atom. The van der Waals surface area contributed by atoms with Crippen LogP contribution in [-0.2, 0) is 13.0 Å². The van der Waals surface area contributed by atoms with Crippen LogP contribution >= 0.6 is 11.6 Å². The maximum Gasteiger partial charge on any atom is 0.122 e. The number of rotatable bonds is 4. The van der Waals surface area contributed by atoms with Crippen LogP contribution in [0.3, 0.4) is 0 Å². The molecule has 0 aromatic heterocycles. The van der Waals surface area contributed by atoms with Gasteiger partial charge in [-0.2, -0.15) is 0 Å². The Hall–Kier alpha value is -1.51. The Bertz CT molecular complexity index is 624. The van der Waals surface area contributed by atoms with Gasteiger partial charge in [-0.25, -0.2) is 0 Å². The molecule has 1 N–H and O–H groups in total. The van der Waals surface area contributed by atoms with Crippen molar-refractivity contribution in [1.82, 2.24) is 5.32 Å². The molecule has 20 heavy (non-hydrogen) atoms. The van der Waals surface area contributed by atoms with Crippen molar-refractivity contribution >= 4 is 11.6 Å². The summed E-state index contributed by atoms with van der Waals surface area (Å²) in [5.74, 6) is 1.02. The number of fused-ring (bicyclic) bond motifs is 1. The Morgan fingerprint density at radius 2 is 2.10 bits per heavy atom. The molecule has 0 atom stereocenters. The van der Waals surface area contributed by atoms with Crippen molar-refractivity contribution in [2.75, 3.05) is 13.2 Å². The zero-order valence-electron chi connectivity index (χ0n) is 11.6. The number of hydrogen-bond donors (Lipinski definition) is 1. The molecule has 0 aliphatic carbocycles. The van der Waals surface area contributed by atoms with Gasteiger partial charge in [0.15, 0.2) is 0 Å². The first-order valence-corrected chi connectivity index (χ1v) is 7.41. The van der Waals surface area contributed by atoms with Gasteiger partial charge < -0.3 is 10.1 Å². The van der Waals surface area contributed by atoms with Crippen molar-refractivity contribution in [3.05, 3.63) is 52.5 Å². The molecule has 104 valence electrons. The van der Waals surface area contributed by atoms with Gasteiger partial charge in [-0.3, -0.25) is 0 Å². The second kappa shape index (κ2) is 5.86. The summed E-state index contributed by atoms with van der Waals surface area (Å²) in [4.78, 5) is 0. The molecule has 0 unspecified atom stereocenters. The molecule has 1 aliphatic heterocycles. The number of halogens is 1. The van der Waals surface area contributed by atoms with Crippen LogP contribution in [0, 0.1) is 0 Å².